The van der Waals surface area contributed by atoms with E-state index in [4.69, 9.17) is 0 Å². The monoisotopic (exact) mass is 133 g/mol. The first-order valence-corrected chi connectivity index (χ1v) is 0. The molecule has 0 aromatic rings. The molecule has 0 aliphatic carbocycles. The van der Waals surface area contributed by atoms with Crippen molar-refractivity contribution >= 4 is 33.0 Å². The molecule has 1 unspecified atom stereocenters. The van der Waals surface area contributed by atoms with E-state index in [9.17, 15) is 0 Å². The van der Waals surface area contributed by atoms with Crippen LogP contribution in [-0.4, -0.2) is 23.1 Å². The van der Waals surface area contributed by atoms with Gasteiger partial charge in [-0.1, -0.05) is 0 Å². The Labute approximate surface area is 56.1 Å². The topological polar surface area (TPSA) is 35.0 Å². The van der Waals surface area contributed by atoms with E-state index in [1.54, 1.807) is 0 Å². The Hall–Kier alpha value is 1.68. The normalized spacial score (nSPS) is 0. The second-order valence-corrected chi connectivity index (χ2v) is 0. The summed E-state index contributed by atoms with van der Waals surface area (Å²) in [5, 5.41) is 0. The number of hydrogen-bond acceptors (Lipinski definition) is 1. The quantitative estimate of drug-likeness (QED) is 0.344. The zero-order valence-corrected chi connectivity index (χ0v) is 4.29. The van der Waals surface area contributed by atoms with Crippen LogP contribution in [0.3, 0.4) is 0 Å². The molecular formula is H8FeMgNP. The van der Waals surface area contributed by atoms with E-state index >= 15 is 0 Å². The second kappa shape index (κ2) is 22.5. The Bertz CT molecular complexity index is 8.00. The molecule has 3 N–H and O–H groups in total. The van der Waals surface area contributed by atoms with E-state index in [1.165, 1.54) is 0 Å². The average molecular weight is 133 g/mol. The van der Waals surface area contributed by atoms with Gasteiger partial charge >= 0.3 is 23.1 Å². The largest absolute Gasteiger partial charge is 0.344 e. The summed E-state index contributed by atoms with van der Waals surface area (Å²) in [6, 6.07) is 0. The van der Waals surface area contributed by atoms with Crippen LogP contribution in [0.1, 0.15) is 0 Å². The molecule has 0 radical (unpaired) electrons. The Morgan fingerprint density at radius 2 is 1.00 bits per heavy atom. The van der Waals surface area contributed by atoms with Crippen molar-refractivity contribution in [3.63, 3.8) is 0 Å². The summed E-state index contributed by atoms with van der Waals surface area (Å²) in [5.41, 5.74) is 0. The third-order valence-electron chi connectivity index (χ3n) is 0. The van der Waals surface area contributed by atoms with Crippen LogP contribution in [0.15, 0.2) is 0 Å². The van der Waals surface area contributed by atoms with Gasteiger partial charge in [0.05, 0.1) is 0 Å². The Morgan fingerprint density at radius 3 is 1.00 bits per heavy atom. The smallest absolute Gasteiger partial charge is 0.316 e. The van der Waals surface area contributed by atoms with Gasteiger partial charge in [0, 0.05) is 17.1 Å². The summed E-state index contributed by atoms with van der Waals surface area (Å²) in [6.45, 7) is 0. The molecule has 0 aliphatic heterocycles. The van der Waals surface area contributed by atoms with Crippen molar-refractivity contribution < 1.29 is 17.1 Å². The summed E-state index contributed by atoms with van der Waals surface area (Å²) in [5.74, 6) is 0. The van der Waals surface area contributed by atoms with Crippen LogP contribution in [0.4, 0.5) is 0 Å². The van der Waals surface area contributed by atoms with Gasteiger partial charge in [0.1, 0.15) is 0 Å². The first kappa shape index (κ1) is 44.2. The molecule has 0 spiro atoms. The Morgan fingerprint density at radius 1 is 1.00 bits per heavy atom. The molecule has 1 atom stereocenters. The molecule has 0 aromatic heterocycles. The van der Waals surface area contributed by atoms with Crippen LogP contribution in [0, 0.1) is 0 Å². The average Bonchev–Trinajstić information content (AvgIpc) is 0. The van der Waals surface area contributed by atoms with E-state index < -0.39 is 0 Å². The maximum atomic E-state index is 0. The van der Waals surface area contributed by atoms with Crippen molar-refractivity contribution in [2.75, 3.05) is 0 Å². The molecule has 28 valence electrons. The standard InChI is InChI=1S/Fe.Mg.H3N.H3P.2H/h;;2*1H3;;. The van der Waals surface area contributed by atoms with Crippen molar-refractivity contribution in [3.05, 3.63) is 0 Å². The fraction of sp³-hybridized carbons (Fsp3) is 0. The first-order valence-electron chi connectivity index (χ1n) is 0. The van der Waals surface area contributed by atoms with E-state index in [0.717, 1.165) is 0 Å². The molecule has 0 saturated heterocycles. The third kappa shape index (κ3) is 9.37. The van der Waals surface area contributed by atoms with Gasteiger partial charge in [-0.3, -0.25) is 0 Å². The van der Waals surface area contributed by atoms with Crippen LogP contribution >= 0.6 is 9.90 Å². The molecule has 0 amide bonds. The zero-order valence-electron chi connectivity index (χ0n) is 1.77. The first-order chi connectivity index (χ1) is 0. The molecule has 4 heteroatoms. The third-order valence-corrected chi connectivity index (χ3v) is 0. The van der Waals surface area contributed by atoms with Crippen molar-refractivity contribution in [1.29, 1.82) is 0 Å². The van der Waals surface area contributed by atoms with Crippen LogP contribution in [0.25, 0.3) is 0 Å². The zero-order chi connectivity index (χ0) is 0. The van der Waals surface area contributed by atoms with Crippen molar-refractivity contribution in [1.82, 2.24) is 6.15 Å². The van der Waals surface area contributed by atoms with E-state index in [0.29, 0.717) is 0 Å². The molecule has 0 aliphatic rings. The minimum Gasteiger partial charge on any atom is -0.344 e. The maximum absolute atomic E-state index is 0. The van der Waals surface area contributed by atoms with Gasteiger partial charge in [0.25, 0.3) is 0 Å². The molecule has 0 rings (SSSR count). The van der Waals surface area contributed by atoms with Crippen LogP contribution in [-0.2, 0) is 17.1 Å². The van der Waals surface area contributed by atoms with E-state index in [1.807, 2.05) is 0 Å². The summed E-state index contributed by atoms with van der Waals surface area (Å²) >= 11 is 0. The van der Waals surface area contributed by atoms with Gasteiger partial charge in [0.15, 0.2) is 0 Å². The van der Waals surface area contributed by atoms with Gasteiger partial charge in [-0.2, -0.15) is 9.90 Å². The minimum atomic E-state index is 0. The van der Waals surface area contributed by atoms with Gasteiger partial charge in [-0.05, 0) is 0 Å². The molecule has 0 saturated carbocycles. The maximum Gasteiger partial charge on any atom is 0.316 e. The predicted molar refractivity (Wildman–Crippen MR) is 24.7 cm³/mol. The van der Waals surface area contributed by atoms with Gasteiger partial charge in [0.2, 0.25) is 0 Å². The molecule has 1 nitrogen and oxygen atoms in total. The van der Waals surface area contributed by atoms with E-state index in [-0.39, 0.29) is 56.2 Å². The molecule has 0 bridgehead atoms. The van der Waals surface area contributed by atoms with Crippen molar-refractivity contribution in [2.24, 2.45) is 0 Å². The summed E-state index contributed by atoms with van der Waals surface area (Å²) in [4.78, 5) is 0. The van der Waals surface area contributed by atoms with Crippen LogP contribution in [0.5, 0.6) is 0 Å². The Balaban J connectivity index is 0. The van der Waals surface area contributed by atoms with Gasteiger partial charge < -0.3 is 6.15 Å². The Kier molecular flexibility index (Phi) is 249. The molecule has 4 heavy (non-hydrogen) atoms. The summed E-state index contributed by atoms with van der Waals surface area (Å²) in [6.07, 6.45) is 0. The summed E-state index contributed by atoms with van der Waals surface area (Å²) < 4.78 is 0. The number of rotatable bonds is 0. The SMILES string of the molecule is N.P.[Fe].[MgH2]. The van der Waals surface area contributed by atoms with Crippen molar-refractivity contribution in [2.45, 2.75) is 0 Å². The predicted octanol–water partition coefficient (Wildman–Crippen LogP) is -0.699. The molecule has 0 heterocycles. The van der Waals surface area contributed by atoms with Crippen molar-refractivity contribution in [3.8, 4) is 0 Å². The second-order valence-electron chi connectivity index (χ2n) is 0. The fourth-order valence-electron chi connectivity index (χ4n) is 0. The fourth-order valence-corrected chi connectivity index (χ4v) is 0. The summed E-state index contributed by atoms with van der Waals surface area (Å²) in [7, 11) is 0. The number of hydrogen-bond donors (Lipinski definition) is 1. The molecular weight excluding hydrogens is 125 g/mol. The molecule has 0 fully saturated rings. The van der Waals surface area contributed by atoms with E-state index in [2.05, 4.69) is 0 Å². The van der Waals surface area contributed by atoms with Gasteiger partial charge in [-0.25, -0.2) is 0 Å². The van der Waals surface area contributed by atoms with Crippen LogP contribution in [0.2, 0.25) is 0 Å². The molecule has 0 aromatic carbocycles. The van der Waals surface area contributed by atoms with Crippen LogP contribution < -0.4 is 6.15 Å². The minimum absolute atomic E-state index is 0. The van der Waals surface area contributed by atoms with Gasteiger partial charge in [-0.15, -0.1) is 0 Å².